The lowest BCUT2D eigenvalue weighted by Crippen LogP contribution is -2.50. The van der Waals surface area contributed by atoms with Crippen molar-refractivity contribution in [2.24, 2.45) is 5.92 Å². The highest BCUT2D eigenvalue weighted by Gasteiger charge is 2.73. The molecule has 2 fully saturated rings. The molecule has 0 saturated carbocycles. The molecule has 2 heterocycles. The molecule has 0 aromatic heterocycles. The Hall–Kier alpha value is -1.69. The summed E-state index contributed by atoms with van der Waals surface area (Å²) in [5, 5.41) is 2.86. The van der Waals surface area contributed by atoms with E-state index in [0.717, 1.165) is 12.5 Å². The number of hydrogen-bond acceptors (Lipinski definition) is 2. The highest BCUT2D eigenvalue weighted by molar-refractivity contribution is 7.91. The molecule has 4 atom stereocenters. The fraction of sp³-hybridized carbons (Fsp3) is 0.667. The number of benzene rings is 1. The molecule has 1 aliphatic carbocycles. The van der Waals surface area contributed by atoms with E-state index in [4.69, 9.17) is 0 Å². The lowest BCUT2D eigenvalue weighted by molar-refractivity contribution is -0.348. The van der Waals surface area contributed by atoms with Crippen LogP contribution in [0.4, 0.5) is 35.5 Å². The van der Waals surface area contributed by atoms with Crippen molar-refractivity contribution in [1.82, 2.24) is 10.2 Å². The topological polar surface area (TPSA) is 55.4 Å². The molecule has 4 rings (SSSR count). The van der Waals surface area contributed by atoms with Gasteiger partial charge in [0.2, 0.25) is 0 Å². The number of urea groups is 1. The first-order chi connectivity index (χ1) is 15.3. The Labute approximate surface area is 189 Å². The van der Waals surface area contributed by atoms with Crippen LogP contribution in [0.15, 0.2) is 18.2 Å². The normalized spacial score (nSPS) is 27.9. The summed E-state index contributed by atoms with van der Waals surface area (Å²) in [5.74, 6) is 1.09. The van der Waals surface area contributed by atoms with Crippen LogP contribution in [0.2, 0.25) is 0 Å². The van der Waals surface area contributed by atoms with Crippen LogP contribution in [0.3, 0.4) is 0 Å². The summed E-state index contributed by atoms with van der Waals surface area (Å²) in [7, 11) is 0. The van der Waals surface area contributed by atoms with Crippen LogP contribution in [0.5, 0.6) is 0 Å². The molecule has 33 heavy (non-hydrogen) atoms. The average Bonchev–Trinajstić information content (AvgIpc) is 3.35. The van der Waals surface area contributed by atoms with Gasteiger partial charge in [-0.2, -0.15) is 26.3 Å². The van der Waals surface area contributed by atoms with Crippen LogP contribution >= 0.6 is 0 Å². The molecule has 3 aliphatic rings. The highest BCUT2D eigenvalue weighted by Crippen LogP contribution is 2.54. The summed E-state index contributed by atoms with van der Waals surface area (Å²) < 4.78 is 105. The Morgan fingerprint density at radius 2 is 1.79 bits per heavy atom. The predicted molar refractivity (Wildman–Crippen MR) is 107 cm³/mol. The summed E-state index contributed by atoms with van der Waals surface area (Å²) in [4.78, 5) is 14.3. The van der Waals surface area contributed by atoms with Gasteiger partial charge in [-0.25, -0.2) is 9.18 Å². The lowest BCUT2D eigenvalue weighted by Gasteiger charge is -2.35. The number of nitrogens with zero attached hydrogens (tertiary/aromatic N) is 1. The fourth-order valence-corrected chi connectivity index (χ4v) is 6.81. The largest absolute Gasteiger partial charge is 0.616 e. The van der Waals surface area contributed by atoms with E-state index in [1.54, 1.807) is 4.90 Å². The second-order valence-electron chi connectivity index (χ2n) is 8.91. The minimum absolute atomic E-state index is 0.140. The minimum atomic E-state index is -6.15. The van der Waals surface area contributed by atoms with E-state index in [1.165, 1.54) is 0 Å². The quantitative estimate of drug-likeness (QED) is 0.489. The van der Waals surface area contributed by atoms with Crippen molar-refractivity contribution in [3.05, 3.63) is 34.9 Å². The number of rotatable bonds is 3. The fourth-order valence-electron chi connectivity index (χ4n) is 5.24. The number of halogens is 7. The first-order valence-electron chi connectivity index (χ1n) is 10.7. The van der Waals surface area contributed by atoms with Gasteiger partial charge in [-0.3, -0.25) is 0 Å². The summed E-state index contributed by atoms with van der Waals surface area (Å²) in [6.45, 7) is 0.809. The van der Waals surface area contributed by atoms with Crippen molar-refractivity contribution in [3.8, 4) is 0 Å². The Morgan fingerprint density at radius 3 is 2.39 bits per heavy atom. The number of aryl methyl sites for hydroxylation is 1. The zero-order valence-electron chi connectivity index (χ0n) is 17.4. The van der Waals surface area contributed by atoms with E-state index in [0.29, 0.717) is 55.1 Å². The molecule has 1 aromatic carbocycles. The van der Waals surface area contributed by atoms with E-state index in [2.05, 4.69) is 5.32 Å². The number of amides is 2. The van der Waals surface area contributed by atoms with Crippen LogP contribution < -0.4 is 5.32 Å². The summed E-state index contributed by atoms with van der Waals surface area (Å²) in [5.41, 5.74) is -6.11. The van der Waals surface area contributed by atoms with Gasteiger partial charge in [0, 0.05) is 43.0 Å². The smallest absolute Gasteiger partial charge is 0.435 e. The number of carbonyl (C=O) groups excluding carboxylic acids is 1. The monoisotopic (exact) mass is 500 g/mol. The third-order valence-electron chi connectivity index (χ3n) is 6.95. The standard InChI is InChI=1S/C21H23F7N2O2S/c22-19(20(23,24)25,21(26,27)28)14-2-3-15-13(9-14)1-4-17-16(15)5-7-30(17)18(31)29-10-12-6-8-33(32)11-12/h2-3,9,12,16-17H,1,4-8,10-11H2,(H,29,31)/t12?,16-,17?,33?/m0/s1. The van der Waals surface area contributed by atoms with Gasteiger partial charge < -0.3 is 14.8 Å². The Balaban J connectivity index is 1.50. The zero-order chi connectivity index (χ0) is 24.2. The molecule has 1 N–H and O–H groups in total. The van der Waals surface area contributed by atoms with Crippen molar-refractivity contribution < 1.29 is 40.1 Å². The molecule has 3 unspecified atom stereocenters. The molecule has 2 saturated heterocycles. The van der Waals surface area contributed by atoms with Crippen LogP contribution in [-0.4, -0.2) is 58.5 Å². The van der Waals surface area contributed by atoms with Gasteiger partial charge in [-0.15, -0.1) is 0 Å². The Morgan fingerprint density at radius 1 is 1.09 bits per heavy atom. The number of nitrogens with one attached hydrogen (secondary N) is 1. The number of alkyl halides is 7. The van der Waals surface area contributed by atoms with Gasteiger partial charge in [0.15, 0.2) is 0 Å². The Bertz CT molecular complexity index is 894. The second-order valence-corrected chi connectivity index (χ2v) is 10.5. The maximum atomic E-state index is 14.5. The molecule has 184 valence electrons. The summed E-state index contributed by atoms with van der Waals surface area (Å²) in [6, 6.07) is 1.86. The highest BCUT2D eigenvalue weighted by atomic mass is 32.2. The van der Waals surface area contributed by atoms with Gasteiger partial charge in [0.05, 0.1) is 0 Å². The van der Waals surface area contributed by atoms with Gasteiger partial charge >= 0.3 is 24.1 Å². The molecule has 4 nitrogen and oxygen atoms in total. The van der Waals surface area contributed by atoms with Crippen LogP contribution in [0, 0.1) is 5.92 Å². The SMILES string of the molecule is O=C(NCC1CC[S+]([O-])C1)N1CC[C@H]2c3ccc(C(F)(C(F)(F)F)C(F)(F)F)cc3CCC21. The number of carbonyl (C=O) groups is 1. The van der Waals surface area contributed by atoms with E-state index in [9.17, 15) is 40.1 Å². The second kappa shape index (κ2) is 8.51. The molecule has 0 bridgehead atoms. The van der Waals surface area contributed by atoms with Crippen LogP contribution in [0.1, 0.15) is 41.9 Å². The first-order valence-corrected chi connectivity index (χ1v) is 12.2. The van der Waals surface area contributed by atoms with E-state index in [-0.39, 0.29) is 35.9 Å². The molecular formula is C21H23F7N2O2S. The van der Waals surface area contributed by atoms with Gasteiger partial charge in [-0.1, -0.05) is 29.4 Å². The number of likely N-dealkylation sites (tertiary alicyclic amines) is 1. The maximum Gasteiger partial charge on any atom is 0.435 e. The summed E-state index contributed by atoms with van der Waals surface area (Å²) >= 11 is -0.853. The number of hydrogen-bond donors (Lipinski definition) is 1. The van der Waals surface area contributed by atoms with Crippen LogP contribution in [-0.2, 0) is 23.3 Å². The molecule has 2 aliphatic heterocycles. The molecular weight excluding hydrogens is 477 g/mol. The summed E-state index contributed by atoms with van der Waals surface area (Å²) in [6.07, 6.45) is -10.5. The van der Waals surface area contributed by atoms with E-state index in [1.807, 2.05) is 0 Å². The van der Waals surface area contributed by atoms with Crippen molar-refractivity contribution in [2.75, 3.05) is 24.6 Å². The van der Waals surface area contributed by atoms with Gasteiger partial charge in [0.1, 0.15) is 11.5 Å². The average molecular weight is 500 g/mol. The Kier molecular flexibility index (Phi) is 6.30. The molecule has 12 heteroatoms. The van der Waals surface area contributed by atoms with Crippen molar-refractivity contribution in [1.29, 1.82) is 0 Å². The lowest BCUT2D eigenvalue weighted by atomic mass is 9.77. The maximum absolute atomic E-state index is 14.5. The van der Waals surface area contributed by atoms with Crippen molar-refractivity contribution >= 4 is 17.2 Å². The van der Waals surface area contributed by atoms with E-state index < -0.39 is 34.8 Å². The zero-order valence-corrected chi connectivity index (χ0v) is 18.3. The molecule has 1 aromatic rings. The number of fused-ring (bicyclic) bond motifs is 3. The predicted octanol–water partition coefficient (Wildman–Crippen LogP) is 4.56. The van der Waals surface area contributed by atoms with Crippen molar-refractivity contribution in [3.63, 3.8) is 0 Å². The van der Waals surface area contributed by atoms with Gasteiger partial charge in [0.25, 0.3) is 0 Å². The third kappa shape index (κ3) is 4.28. The third-order valence-corrected chi connectivity index (χ3v) is 8.49. The molecule has 0 spiro atoms. The molecule has 2 amide bonds. The minimum Gasteiger partial charge on any atom is -0.616 e. The molecule has 0 radical (unpaired) electrons. The van der Waals surface area contributed by atoms with Crippen LogP contribution in [0.25, 0.3) is 0 Å². The first kappa shape index (κ1) is 24.4. The van der Waals surface area contributed by atoms with E-state index >= 15 is 0 Å². The van der Waals surface area contributed by atoms with Gasteiger partial charge in [-0.05, 0) is 30.4 Å². The van der Waals surface area contributed by atoms with Crippen molar-refractivity contribution in [2.45, 2.75) is 55.7 Å².